The first kappa shape index (κ1) is 34.7. The zero-order chi connectivity index (χ0) is 32.6. The Balaban J connectivity index is 2.15. The molecule has 3 rings (SSSR count). The van der Waals surface area contributed by atoms with Crippen molar-refractivity contribution in [2.24, 2.45) is 0 Å². The molecule has 2 atom stereocenters. The number of anilines is 1. The van der Waals surface area contributed by atoms with Gasteiger partial charge in [0.15, 0.2) is 11.5 Å². The van der Waals surface area contributed by atoms with Crippen molar-refractivity contribution in [3.05, 3.63) is 82.4 Å². The number of sulfonamides is 1. The van der Waals surface area contributed by atoms with E-state index < -0.39 is 28.5 Å². The summed E-state index contributed by atoms with van der Waals surface area (Å²) in [4.78, 5) is 29.1. The number of hydrogen-bond acceptors (Lipinski definition) is 6. The second kappa shape index (κ2) is 15.3. The monoisotopic (exact) mass is 643 g/mol. The smallest absolute Gasteiger partial charge is 0.264 e. The van der Waals surface area contributed by atoms with Crippen LogP contribution >= 0.6 is 11.6 Å². The maximum atomic E-state index is 14.3. The van der Waals surface area contributed by atoms with Gasteiger partial charge in [0.05, 0.1) is 24.8 Å². The van der Waals surface area contributed by atoms with Crippen molar-refractivity contribution >= 4 is 39.1 Å². The van der Waals surface area contributed by atoms with Gasteiger partial charge in [0, 0.05) is 23.7 Å². The summed E-state index contributed by atoms with van der Waals surface area (Å²) in [6.07, 6.45) is 1.02. The van der Waals surface area contributed by atoms with Crippen LogP contribution in [0.1, 0.15) is 50.3 Å². The van der Waals surface area contributed by atoms with Gasteiger partial charge in [-0.3, -0.25) is 13.9 Å². The first-order valence-electron chi connectivity index (χ1n) is 14.5. The van der Waals surface area contributed by atoms with Crippen molar-refractivity contribution in [2.45, 2.75) is 71.0 Å². The molecule has 44 heavy (non-hydrogen) atoms. The number of aryl methyl sites for hydroxylation is 2. The molecule has 0 aliphatic rings. The first-order chi connectivity index (χ1) is 20.9. The van der Waals surface area contributed by atoms with Crippen molar-refractivity contribution in [3.8, 4) is 11.5 Å². The highest BCUT2D eigenvalue weighted by molar-refractivity contribution is 7.92. The van der Waals surface area contributed by atoms with E-state index >= 15 is 0 Å². The van der Waals surface area contributed by atoms with Crippen LogP contribution in [0.3, 0.4) is 0 Å². The summed E-state index contributed by atoms with van der Waals surface area (Å²) in [5.41, 5.74) is 2.61. The summed E-state index contributed by atoms with van der Waals surface area (Å²) in [6.45, 7) is 8.84. The Bertz CT molecular complexity index is 1560. The lowest BCUT2D eigenvalue weighted by Crippen LogP contribution is -2.53. The molecule has 238 valence electrons. The minimum absolute atomic E-state index is 0.0159. The lowest BCUT2D eigenvalue weighted by molar-refractivity contribution is -0.140. The quantitative estimate of drug-likeness (QED) is 0.235. The number of rotatable bonds is 14. The highest BCUT2D eigenvalue weighted by Gasteiger charge is 2.34. The minimum Gasteiger partial charge on any atom is -0.493 e. The van der Waals surface area contributed by atoms with Crippen LogP contribution < -0.4 is 19.1 Å². The van der Waals surface area contributed by atoms with Gasteiger partial charge in [-0.2, -0.15) is 0 Å². The molecule has 0 fully saturated rings. The molecule has 0 aliphatic carbocycles. The second-order valence-corrected chi connectivity index (χ2v) is 13.0. The summed E-state index contributed by atoms with van der Waals surface area (Å²) in [5.74, 6) is -0.278. The molecule has 2 amide bonds. The zero-order valence-corrected chi connectivity index (χ0v) is 28.0. The normalized spacial score (nSPS) is 12.6. The van der Waals surface area contributed by atoms with Crippen LogP contribution in [0.5, 0.6) is 11.5 Å². The molecule has 0 saturated carbocycles. The number of hydrogen-bond donors (Lipinski definition) is 1. The summed E-state index contributed by atoms with van der Waals surface area (Å²) in [6, 6.07) is 15.7. The standard InChI is InChI=1S/C33H42ClN3O6S/c1-8-24(5)35-33(39)29(9-2)36(20-25-12-10-11-13-28(25)34)32(38)21-37(26-17-22(3)16-23(4)18-26)44(40,41)27-14-15-30(42-6)31(19-27)43-7/h10-19,24,29H,8-9,20-21H2,1-7H3,(H,35,39)/t24-,29+/m0/s1. The van der Waals surface area contributed by atoms with E-state index in [2.05, 4.69) is 5.32 Å². The number of nitrogens with zero attached hydrogens (tertiary/aromatic N) is 2. The van der Waals surface area contributed by atoms with E-state index in [4.69, 9.17) is 21.1 Å². The van der Waals surface area contributed by atoms with E-state index in [0.29, 0.717) is 34.9 Å². The van der Waals surface area contributed by atoms with Crippen molar-refractivity contribution in [3.63, 3.8) is 0 Å². The fraction of sp³-hybridized carbons (Fsp3) is 0.394. The number of halogens is 1. The molecule has 0 aromatic heterocycles. The van der Waals surface area contributed by atoms with Crippen LogP contribution in [0.25, 0.3) is 0 Å². The first-order valence-corrected chi connectivity index (χ1v) is 16.3. The zero-order valence-electron chi connectivity index (χ0n) is 26.4. The van der Waals surface area contributed by atoms with E-state index in [1.165, 1.54) is 37.3 Å². The van der Waals surface area contributed by atoms with Crippen molar-refractivity contribution in [1.29, 1.82) is 0 Å². The van der Waals surface area contributed by atoms with Crippen LogP contribution in [0.2, 0.25) is 5.02 Å². The SMILES string of the molecule is CC[C@H](C(=O)N[C@@H](C)CC)N(Cc1ccccc1Cl)C(=O)CN(c1cc(C)cc(C)c1)S(=O)(=O)c1ccc(OC)c(OC)c1. The molecule has 3 aromatic rings. The number of benzene rings is 3. The Morgan fingerprint density at radius 3 is 2.11 bits per heavy atom. The second-order valence-electron chi connectivity index (χ2n) is 10.7. The predicted molar refractivity (Wildman–Crippen MR) is 174 cm³/mol. The lowest BCUT2D eigenvalue weighted by Gasteiger charge is -2.34. The summed E-state index contributed by atoms with van der Waals surface area (Å²) >= 11 is 6.48. The van der Waals surface area contributed by atoms with Gasteiger partial charge in [-0.1, -0.05) is 49.7 Å². The van der Waals surface area contributed by atoms with E-state index in [1.54, 1.807) is 36.4 Å². The molecular weight excluding hydrogens is 602 g/mol. The fourth-order valence-corrected chi connectivity index (χ4v) is 6.51. The largest absolute Gasteiger partial charge is 0.493 e. The molecule has 0 spiro atoms. The third-order valence-electron chi connectivity index (χ3n) is 7.40. The fourth-order valence-electron chi connectivity index (χ4n) is 4.90. The van der Waals surface area contributed by atoms with Gasteiger partial charge in [-0.15, -0.1) is 0 Å². The highest BCUT2D eigenvalue weighted by atomic mass is 35.5. The molecule has 0 heterocycles. The Morgan fingerprint density at radius 1 is 0.909 bits per heavy atom. The lowest BCUT2D eigenvalue weighted by atomic mass is 10.1. The van der Waals surface area contributed by atoms with Crippen LogP contribution in [-0.4, -0.2) is 58.0 Å². The third-order valence-corrected chi connectivity index (χ3v) is 9.54. The number of carbonyl (C=O) groups excluding carboxylic acids is 2. The molecule has 0 bridgehead atoms. The topological polar surface area (TPSA) is 105 Å². The molecule has 1 N–H and O–H groups in total. The van der Waals surface area contributed by atoms with Crippen LogP contribution in [0.15, 0.2) is 65.6 Å². The molecular formula is C33H42ClN3O6S. The third kappa shape index (κ3) is 8.24. The number of amides is 2. The molecule has 11 heteroatoms. The maximum Gasteiger partial charge on any atom is 0.264 e. The van der Waals surface area contributed by atoms with E-state index in [1.807, 2.05) is 40.7 Å². The molecule has 0 saturated heterocycles. The van der Waals surface area contributed by atoms with Crippen LogP contribution in [-0.2, 0) is 26.2 Å². The van der Waals surface area contributed by atoms with Gasteiger partial charge in [-0.05, 0) is 80.6 Å². The Hall–Kier alpha value is -3.76. The number of nitrogens with one attached hydrogen (secondary N) is 1. The molecule has 0 aliphatic heterocycles. The average Bonchev–Trinajstić information content (AvgIpc) is 2.99. The van der Waals surface area contributed by atoms with Gasteiger partial charge >= 0.3 is 0 Å². The molecule has 0 unspecified atom stereocenters. The van der Waals surface area contributed by atoms with Gasteiger partial charge in [0.2, 0.25) is 11.8 Å². The number of ether oxygens (including phenoxy) is 2. The Labute approximate surface area is 266 Å². The number of methoxy groups -OCH3 is 2. The van der Waals surface area contributed by atoms with Crippen molar-refractivity contribution in [1.82, 2.24) is 10.2 Å². The summed E-state index contributed by atoms with van der Waals surface area (Å²) in [5, 5.41) is 3.41. The summed E-state index contributed by atoms with van der Waals surface area (Å²) < 4.78 is 40.4. The Kier molecular flexibility index (Phi) is 12.1. The van der Waals surface area contributed by atoms with Gasteiger partial charge < -0.3 is 19.7 Å². The summed E-state index contributed by atoms with van der Waals surface area (Å²) in [7, 11) is -1.43. The number of carbonyl (C=O) groups is 2. The van der Waals surface area contributed by atoms with Gasteiger partial charge in [0.25, 0.3) is 10.0 Å². The molecule has 0 radical (unpaired) electrons. The van der Waals surface area contributed by atoms with Crippen LogP contribution in [0, 0.1) is 13.8 Å². The van der Waals surface area contributed by atoms with Gasteiger partial charge in [0.1, 0.15) is 12.6 Å². The Morgan fingerprint density at radius 2 is 1.55 bits per heavy atom. The average molecular weight is 644 g/mol. The minimum atomic E-state index is -4.31. The maximum absolute atomic E-state index is 14.3. The molecule has 3 aromatic carbocycles. The van der Waals surface area contributed by atoms with Crippen LogP contribution in [0.4, 0.5) is 5.69 Å². The van der Waals surface area contributed by atoms with E-state index in [0.717, 1.165) is 15.4 Å². The predicted octanol–water partition coefficient (Wildman–Crippen LogP) is 5.89. The van der Waals surface area contributed by atoms with Crippen molar-refractivity contribution < 1.29 is 27.5 Å². The van der Waals surface area contributed by atoms with Crippen molar-refractivity contribution in [2.75, 3.05) is 25.1 Å². The molecule has 9 nitrogen and oxygen atoms in total. The van der Waals surface area contributed by atoms with Gasteiger partial charge in [-0.25, -0.2) is 8.42 Å². The van der Waals surface area contributed by atoms with E-state index in [9.17, 15) is 18.0 Å². The van der Waals surface area contributed by atoms with E-state index in [-0.39, 0.29) is 29.1 Å². The highest BCUT2D eigenvalue weighted by Crippen LogP contribution is 2.33.